The van der Waals surface area contributed by atoms with Crippen molar-refractivity contribution in [3.8, 4) is 0 Å². The van der Waals surface area contributed by atoms with Crippen LogP contribution in [0.15, 0.2) is 46.5 Å². The van der Waals surface area contributed by atoms with Gasteiger partial charge in [-0.25, -0.2) is 9.97 Å². The Balaban J connectivity index is 1.97. The number of halogens is 2. The van der Waals surface area contributed by atoms with Gasteiger partial charge in [0.05, 0.1) is 0 Å². The second kappa shape index (κ2) is 5.27. The number of nitrogens with zero attached hydrogens (tertiary/aromatic N) is 2. The molecule has 0 unspecified atom stereocenters. The number of hydrogen-bond acceptors (Lipinski definition) is 4. The minimum Gasteiger partial charge on any atom is -0.227 e. The molecule has 0 fully saturated rings. The quantitative estimate of drug-likeness (QED) is 0.619. The summed E-state index contributed by atoms with van der Waals surface area (Å²) in [5.41, 5.74) is 0. The third-order valence-corrected chi connectivity index (χ3v) is 3.99. The molecule has 0 aliphatic carbocycles. The summed E-state index contributed by atoms with van der Waals surface area (Å²) < 4.78 is 25.0. The monoisotopic (exact) mass is 256 g/mol. The Labute approximate surface area is 98.9 Å². The van der Waals surface area contributed by atoms with E-state index in [1.165, 1.54) is 46.1 Å². The molecule has 0 aliphatic rings. The van der Waals surface area contributed by atoms with Crippen molar-refractivity contribution in [2.75, 3.05) is 0 Å². The van der Waals surface area contributed by atoms with E-state index in [4.69, 9.17) is 0 Å². The van der Waals surface area contributed by atoms with E-state index in [0.717, 1.165) is 9.79 Å². The van der Waals surface area contributed by atoms with E-state index in [2.05, 4.69) is 9.97 Å². The summed E-state index contributed by atoms with van der Waals surface area (Å²) in [6.45, 7) is 0. The predicted octanol–water partition coefficient (Wildman–Crippen LogP) is 3.55. The van der Waals surface area contributed by atoms with Gasteiger partial charge in [0.2, 0.25) is 11.9 Å². The highest BCUT2D eigenvalue weighted by molar-refractivity contribution is 8.76. The Hall–Kier alpha value is -1.14. The normalized spacial score (nSPS) is 10.4. The molecular formula is C10H6F2N2S2. The zero-order valence-electron chi connectivity index (χ0n) is 7.93. The van der Waals surface area contributed by atoms with Gasteiger partial charge in [-0.15, -0.1) is 0 Å². The average Bonchev–Trinajstić information content (AvgIpc) is 2.30. The van der Waals surface area contributed by atoms with Gasteiger partial charge >= 0.3 is 0 Å². The molecule has 0 aromatic carbocycles. The molecule has 0 saturated carbocycles. The van der Waals surface area contributed by atoms with Crippen LogP contribution >= 0.6 is 21.6 Å². The molecule has 2 nitrogen and oxygen atoms in total. The van der Waals surface area contributed by atoms with Crippen LogP contribution in [-0.4, -0.2) is 9.97 Å². The summed E-state index contributed by atoms with van der Waals surface area (Å²) in [6.07, 6.45) is 2.90. The summed E-state index contributed by atoms with van der Waals surface area (Å²) in [5, 5.41) is 0. The molecule has 0 spiro atoms. The molecule has 0 N–H and O–H groups in total. The van der Waals surface area contributed by atoms with E-state index in [0.29, 0.717) is 0 Å². The van der Waals surface area contributed by atoms with E-state index >= 15 is 0 Å². The lowest BCUT2D eigenvalue weighted by Crippen LogP contribution is -1.81. The number of rotatable bonds is 3. The maximum Gasteiger partial charge on any atom is 0.212 e. The summed E-state index contributed by atoms with van der Waals surface area (Å²) in [6, 6.07) is 5.87. The Morgan fingerprint density at radius 2 is 1.19 bits per heavy atom. The fourth-order valence-electron chi connectivity index (χ4n) is 0.919. The van der Waals surface area contributed by atoms with Gasteiger partial charge in [0.15, 0.2) is 0 Å². The predicted molar refractivity (Wildman–Crippen MR) is 60.1 cm³/mol. The Morgan fingerprint density at radius 1 is 0.750 bits per heavy atom. The van der Waals surface area contributed by atoms with Crippen molar-refractivity contribution in [3.63, 3.8) is 0 Å². The maximum atomic E-state index is 12.5. The molecular weight excluding hydrogens is 250 g/mol. The number of aromatic nitrogens is 2. The van der Waals surface area contributed by atoms with Crippen molar-refractivity contribution >= 4 is 21.6 Å². The van der Waals surface area contributed by atoms with Crippen molar-refractivity contribution in [1.82, 2.24) is 9.97 Å². The first-order chi connectivity index (χ1) is 7.74. The van der Waals surface area contributed by atoms with Gasteiger partial charge in [-0.05, 0) is 24.3 Å². The first-order valence-corrected chi connectivity index (χ1v) is 6.47. The van der Waals surface area contributed by atoms with Crippen LogP contribution < -0.4 is 0 Å². The van der Waals surface area contributed by atoms with Gasteiger partial charge in [-0.2, -0.15) is 8.78 Å². The van der Waals surface area contributed by atoms with E-state index in [-0.39, 0.29) is 0 Å². The van der Waals surface area contributed by atoms with Crippen LogP contribution in [0.25, 0.3) is 0 Å². The minimum atomic E-state index is -0.502. The molecule has 6 heteroatoms. The lowest BCUT2D eigenvalue weighted by molar-refractivity contribution is 0.581. The molecule has 16 heavy (non-hydrogen) atoms. The molecule has 0 aliphatic heterocycles. The van der Waals surface area contributed by atoms with Crippen LogP contribution in [0.1, 0.15) is 0 Å². The topological polar surface area (TPSA) is 25.8 Å². The van der Waals surface area contributed by atoms with Crippen molar-refractivity contribution in [1.29, 1.82) is 0 Å². The standard InChI is InChI=1S/C10H6F2N2S2/c11-9-3-1-7(5-13-9)15-16-8-2-4-10(12)14-6-8/h1-6H. The van der Waals surface area contributed by atoms with Gasteiger partial charge in [0, 0.05) is 22.2 Å². The molecule has 0 bridgehead atoms. The van der Waals surface area contributed by atoms with Gasteiger partial charge in [0.25, 0.3) is 0 Å². The summed E-state index contributed by atoms with van der Waals surface area (Å²) in [4.78, 5) is 8.72. The minimum absolute atomic E-state index is 0.502. The molecule has 82 valence electrons. The largest absolute Gasteiger partial charge is 0.227 e. The first-order valence-electron chi connectivity index (χ1n) is 4.32. The highest BCUT2D eigenvalue weighted by atomic mass is 33.1. The van der Waals surface area contributed by atoms with Gasteiger partial charge in [-0.1, -0.05) is 21.6 Å². The fraction of sp³-hybridized carbons (Fsp3) is 0. The lowest BCUT2D eigenvalue weighted by Gasteiger charge is -1.99. The fourth-order valence-corrected chi connectivity index (χ4v) is 2.72. The molecule has 2 aromatic heterocycles. The van der Waals surface area contributed by atoms with Gasteiger partial charge < -0.3 is 0 Å². The summed E-state index contributed by atoms with van der Waals surface area (Å²) >= 11 is 0. The second-order valence-electron chi connectivity index (χ2n) is 2.80. The highest BCUT2D eigenvalue weighted by Gasteiger charge is 1.99. The zero-order valence-corrected chi connectivity index (χ0v) is 9.56. The second-order valence-corrected chi connectivity index (χ2v) is 5.08. The average molecular weight is 256 g/mol. The van der Waals surface area contributed by atoms with Crippen LogP contribution in [0.4, 0.5) is 8.78 Å². The SMILES string of the molecule is Fc1ccc(SSc2ccc(F)nc2)cn1. The lowest BCUT2D eigenvalue weighted by atomic mass is 10.5. The van der Waals surface area contributed by atoms with Crippen LogP contribution in [-0.2, 0) is 0 Å². The van der Waals surface area contributed by atoms with Crippen molar-refractivity contribution in [2.24, 2.45) is 0 Å². The molecule has 2 aromatic rings. The van der Waals surface area contributed by atoms with Gasteiger partial charge in [-0.3, -0.25) is 0 Å². The number of pyridine rings is 2. The Kier molecular flexibility index (Phi) is 3.74. The molecule has 0 atom stereocenters. The zero-order chi connectivity index (χ0) is 11.4. The molecule has 0 amide bonds. The van der Waals surface area contributed by atoms with E-state index < -0.39 is 11.9 Å². The highest BCUT2D eigenvalue weighted by Crippen LogP contribution is 2.36. The molecule has 0 radical (unpaired) electrons. The van der Waals surface area contributed by atoms with Gasteiger partial charge in [0.1, 0.15) is 0 Å². The van der Waals surface area contributed by atoms with Crippen molar-refractivity contribution in [3.05, 3.63) is 48.6 Å². The Bertz CT molecular complexity index is 414. The summed E-state index contributed by atoms with van der Waals surface area (Å²) in [7, 11) is 2.83. The van der Waals surface area contributed by atoms with Crippen LogP contribution in [0.2, 0.25) is 0 Å². The number of hydrogen-bond donors (Lipinski definition) is 0. The molecule has 2 rings (SSSR count). The van der Waals surface area contributed by atoms with E-state index in [1.54, 1.807) is 12.1 Å². The first kappa shape index (κ1) is 11.3. The molecule has 2 heterocycles. The third-order valence-electron chi connectivity index (χ3n) is 1.63. The summed E-state index contributed by atoms with van der Waals surface area (Å²) in [5.74, 6) is -1.00. The van der Waals surface area contributed by atoms with Crippen LogP contribution in [0.5, 0.6) is 0 Å². The van der Waals surface area contributed by atoms with E-state index in [9.17, 15) is 8.78 Å². The van der Waals surface area contributed by atoms with Crippen LogP contribution in [0.3, 0.4) is 0 Å². The van der Waals surface area contributed by atoms with Crippen LogP contribution in [0, 0.1) is 11.9 Å². The maximum absolute atomic E-state index is 12.5. The third kappa shape index (κ3) is 3.18. The van der Waals surface area contributed by atoms with Crippen molar-refractivity contribution < 1.29 is 8.78 Å². The smallest absolute Gasteiger partial charge is 0.212 e. The van der Waals surface area contributed by atoms with Crippen molar-refractivity contribution in [2.45, 2.75) is 9.79 Å². The van der Waals surface area contributed by atoms with E-state index in [1.807, 2.05) is 0 Å². The molecule has 0 saturated heterocycles. The Morgan fingerprint density at radius 3 is 1.50 bits per heavy atom.